The van der Waals surface area contributed by atoms with Crippen LogP contribution in [0.2, 0.25) is 0 Å². The molecule has 1 aromatic carbocycles. The van der Waals surface area contributed by atoms with Gasteiger partial charge in [0, 0.05) is 13.5 Å². The first-order valence-corrected chi connectivity index (χ1v) is 4.89. The molecule has 0 saturated carbocycles. The van der Waals surface area contributed by atoms with Crippen LogP contribution in [0.5, 0.6) is 0 Å². The summed E-state index contributed by atoms with van der Waals surface area (Å²) in [6, 6.07) is 8.93. The smallest absolute Gasteiger partial charge is 0.170 e. The van der Waals surface area contributed by atoms with Gasteiger partial charge in [-0.25, -0.2) is 0 Å². The molecule has 0 aliphatic carbocycles. The monoisotopic (exact) mass is 208 g/mol. The van der Waals surface area contributed by atoms with E-state index in [4.69, 9.17) is 4.74 Å². The quantitative estimate of drug-likeness (QED) is 0.797. The van der Waals surface area contributed by atoms with Crippen molar-refractivity contribution in [3.63, 3.8) is 0 Å². The van der Waals surface area contributed by atoms with E-state index in [0.717, 1.165) is 0 Å². The molecule has 3 nitrogen and oxygen atoms in total. The second-order valence-electron chi connectivity index (χ2n) is 3.60. The lowest BCUT2D eigenvalue weighted by atomic mass is 9.90. The number of ketones is 1. The van der Waals surface area contributed by atoms with Crippen molar-refractivity contribution < 1.29 is 14.6 Å². The minimum atomic E-state index is -1.42. The molecule has 0 amide bonds. The van der Waals surface area contributed by atoms with Crippen molar-refractivity contribution in [3.8, 4) is 0 Å². The molecular weight excluding hydrogens is 192 g/mol. The normalized spacial score (nSPS) is 14.6. The third kappa shape index (κ3) is 2.88. The Labute approximate surface area is 89.7 Å². The molecular formula is C12H16O3. The maximum Gasteiger partial charge on any atom is 0.170 e. The van der Waals surface area contributed by atoms with Gasteiger partial charge in [-0.2, -0.15) is 0 Å². The molecule has 82 valence electrons. The first-order valence-electron chi connectivity index (χ1n) is 4.89. The number of ether oxygens (including phenoxy) is 1. The van der Waals surface area contributed by atoms with Crippen molar-refractivity contribution in [1.29, 1.82) is 0 Å². The summed E-state index contributed by atoms with van der Waals surface area (Å²) < 4.78 is 4.81. The Morgan fingerprint density at radius 1 is 1.40 bits per heavy atom. The fraction of sp³-hybridized carbons (Fsp3) is 0.417. The number of benzene rings is 1. The minimum absolute atomic E-state index is 0.221. The van der Waals surface area contributed by atoms with Crippen LogP contribution in [0.1, 0.15) is 18.9 Å². The van der Waals surface area contributed by atoms with E-state index >= 15 is 0 Å². The van der Waals surface area contributed by atoms with Crippen molar-refractivity contribution in [2.45, 2.75) is 18.9 Å². The third-order valence-electron chi connectivity index (χ3n) is 2.41. The molecule has 0 heterocycles. The number of Topliss-reactive ketones (excluding diaryl/α,β-unsaturated/α-hetero) is 1. The summed E-state index contributed by atoms with van der Waals surface area (Å²) in [5.41, 5.74) is -0.800. The van der Waals surface area contributed by atoms with Crippen LogP contribution in [0.15, 0.2) is 30.3 Å². The fourth-order valence-electron chi connectivity index (χ4n) is 1.36. The van der Waals surface area contributed by atoms with Gasteiger partial charge in [-0.15, -0.1) is 0 Å². The Morgan fingerprint density at radius 2 is 2.00 bits per heavy atom. The van der Waals surface area contributed by atoms with Gasteiger partial charge in [0.05, 0.1) is 6.61 Å². The maximum atomic E-state index is 11.7. The van der Waals surface area contributed by atoms with E-state index in [1.54, 1.807) is 24.3 Å². The molecule has 0 aliphatic rings. The summed E-state index contributed by atoms with van der Waals surface area (Å²) in [6.45, 7) is 1.85. The first kappa shape index (κ1) is 11.9. The van der Waals surface area contributed by atoms with Crippen LogP contribution in [-0.4, -0.2) is 24.6 Å². The highest BCUT2D eigenvalue weighted by atomic mass is 16.5. The summed E-state index contributed by atoms with van der Waals surface area (Å²) >= 11 is 0. The Kier molecular flexibility index (Phi) is 4.00. The van der Waals surface area contributed by atoms with Gasteiger partial charge in [-0.1, -0.05) is 30.3 Å². The molecule has 1 N–H and O–H groups in total. The molecule has 1 aromatic rings. The Morgan fingerprint density at radius 3 is 2.53 bits per heavy atom. The third-order valence-corrected chi connectivity index (χ3v) is 2.41. The largest absolute Gasteiger partial charge is 0.384 e. The van der Waals surface area contributed by atoms with E-state index in [0.29, 0.717) is 12.2 Å². The predicted molar refractivity (Wildman–Crippen MR) is 57.5 cm³/mol. The van der Waals surface area contributed by atoms with Gasteiger partial charge in [-0.05, 0) is 12.5 Å². The molecule has 0 bridgehead atoms. The summed E-state index contributed by atoms with van der Waals surface area (Å²) in [5, 5.41) is 10.1. The minimum Gasteiger partial charge on any atom is -0.384 e. The summed E-state index contributed by atoms with van der Waals surface area (Å²) in [6.07, 6.45) is 0.221. The van der Waals surface area contributed by atoms with Crippen LogP contribution in [0.25, 0.3) is 0 Å². The van der Waals surface area contributed by atoms with Gasteiger partial charge in [0.2, 0.25) is 0 Å². The molecule has 0 aliphatic heterocycles. The zero-order chi connectivity index (χ0) is 11.3. The van der Waals surface area contributed by atoms with Crippen LogP contribution in [0, 0.1) is 0 Å². The van der Waals surface area contributed by atoms with Crippen LogP contribution in [-0.2, 0) is 15.1 Å². The summed E-state index contributed by atoms with van der Waals surface area (Å²) in [7, 11) is 1.53. The van der Waals surface area contributed by atoms with Gasteiger partial charge in [0.1, 0.15) is 5.60 Å². The molecule has 0 saturated heterocycles. The number of hydrogen-bond donors (Lipinski definition) is 1. The number of rotatable bonds is 5. The van der Waals surface area contributed by atoms with Crippen molar-refractivity contribution in [2.24, 2.45) is 0 Å². The average Bonchev–Trinajstić information content (AvgIpc) is 2.27. The second-order valence-corrected chi connectivity index (χ2v) is 3.60. The van der Waals surface area contributed by atoms with E-state index in [1.165, 1.54) is 14.0 Å². The maximum absolute atomic E-state index is 11.7. The van der Waals surface area contributed by atoms with E-state index in [1.807, 2.05) is 6.07 Å². The molecule has 3 heteroatoms. The standard InChI is InChI=1S/C12H16O3/c1-12(14,11(13)8-9-15-2)10-6-4-3-5-7-10/h3-7,14H,8-9H2,1-2H3. The van der Waals surface area contributed by atoms with Crippen LogP contribution in [0.4, 0.5) is 0 Å². The van der Waals surface area contributed by atoms with Crippen molar-refractivity contribution in [3.05, 3.63) is 35.9 Å². The molecule has 0 radical (unpaired) electrons. The Hall–Kier alpha value is -1.19. The number of carbonyl (C=O) groups is 1. The fourth-order valence-corrected chi connectivity index (χ4v) is 1.36. The summed E-state index contributed by atoms with van der Waals surface area (Å²) in [4.78, 5) is 11.7. The molecule has 15 heavy (non-hydrogen) atoms. The van der Waals surface area contributed by atoms with Gasteiger partial charge in [0.25, 0.3) is 0 Å². The molecule has 0 aromatic heterocycles. The molecule has 0 fully saturated rings. The van der Waals surface area contributed by atoms with Gasteiger partial charge < -0.3 is 9.84 Å². The predicted octanol–water partition coefficient (Wildman–Crippen LogP) is 1.50. The van der Waals surface area contributed by atoms with Gasteiger partial charge in [-0.3, -0.25) is 4.79 Å². The Bertz CT molecular complexity index is 317. The molecule has 0 spiro atoms. The molecule has 1 atom stereocenters. The second kappa shape index (κ2) is 5.05. The van der Waals surface area contributed by atoms with E-state index in [9.17, 15) is 9.90 Å². The van der Waals surface area contributed by atoms with E-state index in [2.05, 4.69) is 0 Å². The van der Waals surface area contributed by atoms with Gasteiger partial charge >= 0.3 is 0 Å². The number of aliphatic hydroxyl groups is 1. The van der Waals surface area contributed by atoms with Crippen molar-refractivity contribution in [1.82, 2.24) is 0 Å². The lowest BCUT2D eigenvalue weighted by Crippen LogP contribution is -2.32. The highest BCUT2D eigenvalue weighted by Crippen LogP contribution is 2.22. The lowest BCUT2D eigenvalue weighted by molar-refractivity contribution is -0.137. The number of hydrogen-bond acceptors (Lipinski definition) is 3. The average molecular weight is 208 g/mol. The topological polar surface area (TPSA) is 46.5 Å². The first-order chi connectivity index (χ1) is 7.09. The van der Waals surface area contributed by atoms with Crippen LogP contribution >= 0.6 is 0 Å². The van der Waals surface area contributed by atoms with Gasteiger partial charge in [0.15, 0.2) is 5.78 Å². The number of carbonyl (C=O) groups excluding carboxylic acids is 1. The molecule has 1 unspecified atom stereocenters. The Balaban J connectivity index is 2.78. The van der Waals surface area contributed by atoms with E-state index in [-0.39, 0.29) is 12.2 Å². The highest BCUT2D eigenvalue weighted by Gasteiger charge is 2.31. The SMILES string of the molecule is COCCC(=O)C(C)(O)c1ccccc1. The van der Waals surface area contributed by atoms with Crippen molar-refractivity contribution >= 4 is 5.78 Å². The molecule has 1 rings (SSSR count). The van der Waals surface area contributed by atoms with E-state index < -0.39 is 5.60 Å². The summed E-state index contributed by atoms with van der Waals surface area (Å²) in [5.74, 6) is -0.226. The van der Waals surface area contributed by atoms with Crippen LogP contribution < -0.4 is 0 Å². The highest BCUT2D eigenvalue weighted by molar-refractivity contribution is 5.87. The lowest BCUT2D eigenvalue weighted by Gasteiger charge is -2.22. The van der Waals surface area contributed by atoms with Crippen LogP contribution in [0.3, 0.4) is 0 Å². The zero-order valence-electron chi connectivity index (χ0n) is 9.06. The van der Waals surface area contributed by atoms with Crippen molar-refractivity contribution in [2.75, 3.05) is 13.7 Å². The zero-order valence-corrected chi connectivity index (χ0v) is 9.06. The number of methoxy groups -OCH3 is 1.